The Hall–Kier alpha value is -1.61. The van der Waals surface area contributed by atoms with Crippen LogP contribution in [0.5, 0.6) is 0 Å². The highest BCUT2D eigenvalue weighted by Crippen LogP contribution is 2.35. The molecule has 0 bridgehead atoms. The van der Waals surface area contributed by atoms with Gasteiger partial charge in [-0.05, 0) is 38.5 Å². The fraction of sp³-hybridized carbons (Fsp3) is 0.550. The molecule has 0 spiro atoms. The molecule has 3 heteroatoms. The van der Waals surface area contributed by atoms with Gasteiger partial charge in [-0.1, -0.05) is 43.9 Å². The van der Waals surface area contributed by atoms with Crippen molar-refractivity contribution in [2.75, 3.05) is 13.2 Å². The van der Waals surface area contributed by atoms with Crippen LogP contribution in [0.4, 0.5) is 0 Å². The SMILES string of the molecule is C=CCOCC(=C)CC[C@H]1C(=C)C(=O)O[C@@H]1C[C@@H](C)C/C=C/C. The van der Waals surface area contributed by atoms with Crippen LogP contribution in [0.3, 0.4) is 0 Å². The average molecular weight is 318 g/mol. The predicted molar refractivity (Wildman–Crippen MR) is 95.1 cm³/mol. The van der Waals surface area contributed by atoms with Gasteiger partial charge in [-0.3, -0.25) is 0 Å². The van der Waals surface area contributed by atoms with E-state index in [1.54, 1.807) is 6.08 Å². The zero-order valence-electron chi connectivity index (χ0n) is 14.6. The first-order valence-corrected chi connectivity index (χ1v) is 8.35. The van der Waals surface area contributed by atoms with E-state index in [0.717, 1.165) is 31.3 Å². The Bertz CT molecular complexity index is 462. The Morgan fingerprint density at radius 1 is 1.48 bits per heavy atom. The first-order valence-electron chi connectivity index (χ1n) is 8.35. The van der Waals surface area contributed by atoms with E-state index < -0.39 is 0 Å². The van der Waals surface area contributed by atoms with Gasteiger partial charge in [0.2, 0.25) is 0 Å². The second kappa shape index (κ2) is 10.2. The van der Waals surface area contributed by atoms with Crippen molar-refractivity contribution in [1.29, 1.82) is 0 Å². The Morgan fingerprint density at radius 2 is 2.22 bits per heavy atom. The van der Waals surface area contributed by atoms with Gasteiger partial charge in [0.05, 0.1) is 13.2 Å². The summed E-state index contributed by atoms with van der Waals surface area (Å²) in [4.78, 5) is 11.9. The predicted octanol–water partition coefficient (Wildman–Crippen LogP) is 4.62. The summed E-state index contributed by atoms with van der Waals surface area (Å²) in [6.45, 7) is 16.8. The van der Waals surface area contributed by atoms with Crippen LogP contribution in [-0.4, -0.2) is 25.3 Å². The van der Waals surface area contributed by atoms with Crippen LogP contribution in [0, 0.1) is 11.8 Å². The minimum atomic E-state index is -0.244. The van der Waals surface area contributed by atoms with Crippen LogP contribution in [-0.2, 0) is 14.3 Å². The summed E-state index contributed by atoms with van der Waals surface area (Å²) in [6.07, 6.45) is 9.41. The van der Waals surface area contributed by atoms with E-state index in [1.165, 1.54) is 0 Å². The molecule has 0 aromatic heterocycles. The van der Waals surface area contributed by atoms with Crippen LogP contribution >= 0.6 is 0 Å². The van der Waals surface area contributed by atoms with Gasteiger partial charge in [0.1, 0.15) is 6.10 Å². The van der Waals surface area contributed by atoms with Gasteiger partial charge in [-0.15, -0.1) is 6.58 Å². The quantitative estimate of drug-likeness (QED) is 0.241. The van der Waals surface area contributed by atoms with E-state index in [1.807, 2.05) is 6.92 Å². The van der Waals surface area contributed by atoms with Crippen LogP contribution in [0.25, 0.3) is 0 Å². The Kier molecular flexibility index (Phi) is 8.64. The lowest BCUT2D eigenvalue weighted by atomic mass is 9.86. The molecule has 1 aliphatic rings. The van der Waals surface area contributed by atoms with Crippen LogP contribution in [0.1, 0.15) is 39.5 Å². The summed E-state index contributed by atoms with van der Waals surface area (Å²) in [5.41, 5.74) is 1.63. The van der Waals surface area contributed by atoms with Gasteiger partial charge in [0, 0.05) is 11.5 Å². The summed E-state index contributed by atoms with van der Waals surface area (Å²) in [5.74, 6) is 0.329. The molecular weight excluding hydrogens is 288 g/mol. The first-order chi connectivity index (χ1) is 11.0. The number of hydrogen-bond acceptors (Lipinski definition) is 3. The molecule has 1 saturated heterocycles. The van der Waals surface area contributed by atoms with Crippen molar-refractivity contribution in [2.45, 2.75) is 45.6 Å². The van der Waals surface area contributed by atoms with Crippen molar-refractivity contribution in [1.82, 2.24) is 0 Å². The molecule has 23 heavy (non-hydrogen) atoms. The molecule has 0 saturated carbocycles. The van der Waals surface area contributed by atoms with Gasteiger partial charge in [-0.2, -0.15) is 0 Å². The molecule has 0 unspecified atom stereocenters. The summed E-state index contributed by atoms with van der Waals surface area (Å²) in [5, 5.41) is 0. The number of allylic oxidation sites excluding steroid dienone is 2. The molecule has 128 valence electrons. The largest absolute Gasteiger partial charge is 0.458 e. The van der Waals surface area contributed by atoms with Crippen molar-refractivity contribution in [2.24, 2.45) is 11.8 Å². The van der Waals surface area contributed by atoms with E-state index in [-0.39, 0.29) is 18.0 Å². The molecule has 0 aromatic rings. The second-order valence-corrected chi connectivity index (χ2v) is 6.31. The molecule has 1 aliphatic heterocycles. The van der Waals surface area contributed by atoms with Crippen LogP contribution in [0.2, 0.25) is 0 Å². The van der Waals surface area contributed by atoms with Crippen molar-refractivity contribution < 1.29 is 14.3 Å². The monoisotopic (exact) mass is 318 g/mol. The smallest absolute Gasteiger partial charge is 0.334 e. The fourth-order valence-corrected chi connectivity index (χ4v) is 2.82. The summed E-state index contributed by atoms with van der Waals surface area (Å²) >= 11 is 0. The number of carbonyl (C=O) groups is 1. The molecule has 0 N–H and O–H groups in total. The molecule has 0 aromatic carbocycles. The lowest BCUT2D eigenvalue weighted by Crippen LogP contribution is -2.20. The minimum absolute atomic E-state index is 0.0582. The van der Waals surface area contributed by atoms with Gasteiger partial charge in [-0.25, -0.2) is 4.79 Å². The molecule has 1 rings (SSSR count). The van der Waals surface area contributed by atoms with Crippen molar-refractivity contribution in [3.63, 3.8) is 0 Å². The number of cyclic esters (lactones) is 1. The number of carbonyl (C=O) groups excluding carboxylic acids is 1. The fourth-order valence-electron chi connectivity index (χ4n) is 2.82. The molecule has 0 aliphatic carbocycles. The maximum Gasteiger partial charge on any atom is 0.334 e. The lowest BCUT2D eigenvalue weighted by molar-refractivity contribution is -0.139. The van der Waals surface area contributed by atoms with Gasteiger partial charge >= 0.3 is 5.97 Å². The number of esters is 1. The minimum Gasteiger partial charge on any atom is -0.458 e. The maximum atomic E-state index is 11.9. The normalized spacial score (nSPS) is 22.3. The van der Waals surface area contributed by atoms with E-state index in [0.29, 0.717) is 24.7 Å². The highest BCUT2D eigenvalue weighted by Gasteiger charge is 2.38. The van der Waals surface area contributed by atoms with E-state index >= 15 is 0 Å². The van der Waals surface area contributed by atoms with E-state index in [2.05, 4.69) is 38.8 Å². The van der Waals surface area contributed by atoms with Gasteiger partial charge in [0.15, 0.2) is 0 Å². The van der Waals surface area contributed by atoms with Gasteiger partial charge < -0.3 is 9.47 Å². The number of rotatable bonds is 11. The van der Waals surface area contributed by atoms with Crippen LogP contribution in [0.15, 0.2) is 49.1 Å². The zero-order valence-corrected chi connectivity index (χ0v) is 14.6. The third-order valence-electron chi connectivity index (χ3n) is 4.18. The highest BCUT2D eigenvalue weighted by atomic mass is 16.6. The highest BCUT2D eigenvalue weighted by molar-refractivity contribution is 5.90. The summed E-state index contributed by atoms with van der Waals surface area (Å²) < 4.78 is 10.9. The number of hydrogen-bond donors (Lipinski definition) is 0. The van der Waals surface area contributed by atoms with Crippen LogP contribution < -0.4 is 0 Å². The molecular formula is C20H30O3. The molecule has 3 atom stereocenters. The standard InChI is InChI=1S/C20H30O3/c1-6-8-9-15(3)13-19-18(17(5)20(21)23-19)11-10-16(4)14-22-12-7-2/h6-8,15,18-19H,2,4-5,9-14H2,1,3H3/b8-6+/t15-,18-,19+/m0/s1. The summed E-state index contributed by atoms with van der Waals surface area (Å²) in [6, 6.07) is 0. The second-order valence-electron chi connectivity index (χ2n) is 6.31. The molecule has 3 nitrogen and oxygen atoms in total. The first kappa shape index (κ1) is 19.4. The number of ether oxygens (including phenoxy) is 2. The molecule has 1 fully saturated rings. The van der Waals surface area contributed by atoms with Crippen molar-refractivity contribution >= 4 is 5.97 Å². The molecule has 0 amide bonds. The average Bonchev–Trinajstić information content (AvgIpc) is 2.77. The molecule has 1 heterocycles. The third kappa shape index (κ3) is 6.57. The van der Waals surface area contributed by atoms with Crippen molar-refractivity contribution in [3.05, 3.63) is 49.1 Å². The van der Waals surface area contributed by atoms with Crippen molar-refractivity contribution in [3.8, 4) is 0 Å². The topological polar surface area (TPSA) is 35.5 Å². The van der Waals surface area contributed by atoms with Gasteiger partial charge in [0.25, 0.3) is 0 Å². The Labute approximate surface area is 140 Å². The Balaban J connectivity index is 2.51. The van der Waals surface area contributed by atoms with E-state index in [9.17, 15) is 4.79 Å². The van der Waals surface area contributed by atoms with E-state index in [4.69, 9.17) is 9.47 Å². The summed E-state index contributed by atoms with van der Waals surface area (Å²) in [7, 11) is 0. The Morgan fingerprint density at radius 3 is 2.87 bits per heavy atom. The zero-order chi connectivity index (χ0) is 17.2. The molecule has 0 radical (unpaired) electrons. The maximum absolute atomic E-state index is 11.9. The lowest BCUT2D eigenvalue weighted by Gasteiger charge is -2.21. The third-order valence-corrected chi connectivity index (χ3v) is 4.18.